The summed E-state index contributed by atoms with van der Waals surface area (Å²) in [5.41, 5.74) is 1.40. The van der Waals surface area contributed by atoms with E-state index >= 15 is 0 Å². The van der Waals surface area contributed by atoms with E-state index in [1.807, 2.05) is 30.3 Å². The number of hydrogen-bond donors (Lipinski definition) is 1. The quantitative estimate of drug-likeness (QED) is 0.616. The van der Waals surface area contributed by atoms with Gasteiger partial charge >= 0.3 is 0 Å². The molecule has 1 heterocycles. The molecule has 1 aliphatic heterocycles. The molecule has 1 N–H and O–H groups in total. The Morgan fingerprint density at radius 3 is 2.19 bits per heavy atom. The molecule has 0 spiro atoms. The van der Waals surface area contributed by atoms with Crippen molar-refractivity contribution in [2.75, 3.05) is 40.1 Å². The van der Waals surface area contributed by atoms with Gasteiger partial charge in [-0.25, -0.2) is 12.7 Å². The van der Waals surface area contributed by atoms with Crippen LogP contribution in [-0.4, -0.2) is 58.7 Å². The Labute approximate surface area is 189 Å². The van der Waals surface area contributed by atoms with Gasteiger partial charge in [0.25, 0.3) is 5.91 Å². The SMILES string of the molecule is COc1cc(C(=O)NCC2CCN(S(C)(=O)=O)CC2)cc(OC)c1OCc1ccccc1. The van der Waals surface area contributed by atoms with E-state index in [-0.39, 0.29) is 11.8 Å². The molecule has 1 fully saturated rings. The van der Waals surface area contributed by atoms with Crippen LogP contribution in [0.25, 0.3) is 0 Å². The molecular formula is C23H30N2O6S. The lowest BCUT2D eigenvalue weighted by molar-refractivity contribution is 0.0940. The summed E-state index contributed by atoms with van der Waals surface area (Å²) in [7, 11) is -0.129. The summed E-state index contributed by atoms with van der Waals surface area (Å²) in [4.78, 5) is 12.8. The van der Waals surface area contributed by atoms with E-state index in [4.69, 9.17) is 14.2 Å². The minimum absolute atomic E-state index is 0.231. The molecule has 2 aromatic carbocycles. The number of rotatable bonds is 9. The Kier molecular flexibility index (Phi) is 7.98. The van der Waals surface area contributed by atoms with Crippen molar-refractivity contribution in [2.45, 2.75) is 19.4 Å². The summed E-state index contributed by atoms with van der Waals surface area (Å²) in [5.74, 6) is 1.23. The van der Waals surface area contributed by atoms with E-state index in [2.05, 4.69) is 5.32 Å². The van der Waals surface area contributed by atoms with Crippen LogP contribution in [0.3, 0.4) is 0 Å². The van der Waals surface area contributed by atoms with Gasteiger partial charge < -0.3 is 19.5 Å². The van der Waals surface area contributed by atoms with Gasteiger partial charge in [-0.1, -0.05) is 30.3 Å². The Morgan fingerprint density at radius 1 is 1.06 bits per heavy atom. The molecule has 0 radical (unpaired) electrons. The zero-order chi connectivity index (χ0) is 23.1. The van der Waals surface area contributed by atoms with E-state index in [0.717, 1.165) is 5.56 Å². The third-order valence-corrected chi connectivity index (χ3v) is 6.85. The van der Waals surface area contributed by atoms with Gasteiger partial charge in [-0.3, -0.25) is 4.79 Å². The van der Waals surface area contributed by atoms with Crippen molar-refractivity contribution in [3.63, 3.8) is 0 Å². The minimum atomic E-state index is -3.16. The Morgan fingerprint density at radius 2 is 1.66 bits per heavy atom. The predicted octanol–water partition coefficient (Wildman–Crippen LogP) is 2.68. The Hall–Kier alpha value is -2.78. The lowest BCUT2D eigenvalue weighted by Gasteiger charge is -2.30. The average molecular weight is 463 g/mol. The molecule has 0 saturated carbocycles. The molecule has 3 rings (SSSR count). The number of sulfonamides is 1. The monoisotopic (exact) mass is 462 g/mol. The summed E-state index contributed by atoms with van der Waals surface area (Å²) in [6, 6.07) is 13.0. The molecule has 0 bridgehead atoms. The molecule has 0 unspecified atom stereocenters. The molecule has 9 heteroatoms. The molecule has 1 aliphatic rings. The van der Waals surface area contributed by atoms with E-state index in [1.54, 1.807) is 12.1 Å². The van der Waals surface area contributed by atoms with Crippen LogP contribution < -0.4 is 19.5 Å². The molecule has 0 atom stereocenters. The van der Waals surface area contributed by atoms with Crippen molar-refractivity contribution < 1.29 is 27.4 Å². The molecule has 0 aromatic heterocycles. The van der Waals surface area contributed by atoms with Crippen LogP contribution in [0.15, 0.2) is 42.5 Å². The molecule has 1 saturated heterocycles. The van der Waals surface area contributed by atoms with Crippen molar-refractivity contribution in [1.29, 1.82) is 0 Å². The van der Waals surface area contributed by atoms with Crippen molar-refractivity contribution in [3.05, 3.63) is 53.6 Å². The molecule has 0 aliphatic carbocycles. The number of hydrogen-bond acceptors (Lipinski definition) is 6. The summed E-state index contributed by atoms with van der Waals surface area (Å²) >= 11 is 0. The highest BCUT2D eigenvalue weighted by Gasteiger charge is 2.25. The number of amides is 1. The van der Waals surface area contributed by atoms with Gasteiger partial charge in [0, 0.05) is 25.2 Å². The fourth-order valence-corrected chi connectivity index (χ4v) is 4.54. The molecule has 32 heavy (non-hydrogen) atoms. The van der Waals surface area contributed by atoms with Gasteiger partial charge in [0.05, 0.1) is 20.5 Å². The van der Waals surface area contributed by atoms with Crippen molar-refractivity contribution in [3.8, 4) is 17.2 Å². The predicted molar refractivity (Wildman–Crippen MR) is 122 cm³/mol. The second-order valence-electron chi connectivity index (χ2n) is 7.80. The number of nitrogens with one attached hydrogen (secondary N) is 1. The maximum absolute atomic E-state index is 12.8. The fourth-order valence-electron chi connectivity index (χ4n) is 3.67. The number of piperidine rings is 1. The number of carbonyl (C=O) groups is 1. The van der Waals surface area contributed by atoms with Crippen molar-refractivity contribution in [1.82, 2.24) is 9.62 Å². The number of benzene rings is 2. The summed E-state index contributed by atoms with van der Waals surface area (Å²) in [5, 5.41) is 2.94. The first-order chi connectivity index (χ1) is 15.3. The lowest BCUT2D eigenvalue weighted by atomic mass is 9.98. The summed E-state index contributed by atoms with van der Waals surface area (Å²) in [6.45, 7) is 1.78. The van der Waals surface area contributed by atoms with Crippen LogP contribution in [0.4, 0.5) is 0 Å². The van der Waals surface area contributed by atoms with Gasteiger partial charge in [0.2, 0.25) is 15.8 Å². The zero-order valence-electron chi connectivity index (χ0n) is 18.7. The van der Waals surface area contributed by atoms with Crippen LogP contribution >= 0.6 is 0 Å². The summed E-state index contributed by atoms with van der Waals surface area (Å²) in [6.07, 6.45) is 2.65. The highest BCUT2D eigenvalue weighted by atomic mass is 32.2. The van der Waals surface area contributed by atoms with Crippen molar-refractivity contribution in [2.24, 2.45) is 5.92 Å². The van der Waals surface area contributed by atoms with Crippen LogP contribution in [0.2, 0.25) is 0 Å². The van der Waals surface area contributed by atoms with E-state index in [1.165, 1.54) is 24.8 Å². The zero-order valence-corrected chi connectivity index (χ0v) is 19.5. The van der Waals surface area contributed by atoms with Gasteiger partial charge in [0.15, 0.2) is 11.5 Å². The van der Waals surface area contributed by atoms with Gasteiger partial charge in [-0.05, 0) is 36.5 Å². The van der Waals surface area contributed by atoms with Crippen molar-refractivity contribution >= 4 is 15.9 Å². The lowest BCUT2D eigenvalue weighted by Crippen LogP contribution is -2.41. The Balaban J connectivity index is 1.64. The third kappa shape index (κ3) is 6.14. The van der Waals surface area contributed by atoms with Gasteiger partial charge in [-0.2, -0.15) is 0 Å². The van der Waals surface area contributed by atoms with E-state index in [9.17, 15) is 13.2 Å². The molecule has 2 aromatic rings. The number of ether oxygens (including phenoxy) is 3. The second-order valence-corrected chi connectivity index (χ2v) is 9.78. The first-order valence-electron chi connectivity index (χ1n) is 10.5. The molecule has 1 amide bonds. The fraction of sp³-hybridized carbons (Fsp3) is 0.435. The number of nitrogens with zero attached hydrogens (tertiary/aromatic N) is 1. The Bertz CT molecular complexity index is 993. The van der Waals surface area contributed by atoms with E-state index in [0.29, 0.717) is 61.9 Å². The number of methoxy groups -OCH3 is 2. The average Bonchev–Trinajstić information content (AvgIpc) is 2.81. The summed E-state index contributed by atoms with van der Waals surface area (Å²) < 4.78 is 41.6. The highest BCUT2D eigenvalue weighted by molar-refractivity contribution is 7.88. The maximum Gasteiger partial charge on any atom is 0.251 e. The largest absolute Gasteiger partial charge is 0.493 e. The highest BCUT2D eigenvalue weighted by Crippen LogP contribution is 2.39. The maximum atomic E-state index is 12.8. The first-order valence-corrected chi connectivity index (χ1v) is 12.3. The standard InChI is InChI=1S/C23H30N2O6S/c1-29-20-13-19(14-21(30-2)22(20)31-16-18-7-5-4-6-8-18)23(26)24-15-17-9-11-25(12-10-17)32(3,27)28/h4-8,13-14,17H,9-12,15-16H2,1-3H3,(H,24,26). The third-order valence-electron chi connectivity index (χ3n) is 5.54. The van der Waals surface area contributed by atoms with Crippen LogP contribution in [0, 0.1) is 5.92 Å². The number of carbonyl (C=O) groups excluding carboxylic acids is 1. The molecule has 174 valence electrons. The van der Waals surface area contributed by atoms with Crippen LogP contribution in [0.5, 0.6) is 17.2 Å². The van der Waals surface area contributed by atoms with Crippen LogP contribution in [-0.2, 0) is 16.6 Å². The van der Waals surface area contributed by atoms with Gasteiger partial charge in [-0.15, -0.1) is 0 Å². The van der Waals surface area contributed by atoms with E-state index < -0.39 is 10.0 Å². The first kappa shape index (κ1) is 23.9. The van der Waals surface area contributed by atoms with Crippen LogP contribution in [0.1, 0.15) is 28.8 Å². The van der Waals surface area contributed by atoms with Gasteiger partial charge in [0.1, 0.15) is 6.61 Å². The molecular weight excluding hydrogens is 432 g/mol. The minimum Gasteiger partial charge on any atom is -0.493 e. The normalized spacial score (nSPS) is 15.2. The topological polar surface area (TPSA) is 94.2 Å². The smallest absolute Gasteiger partial charge is 0.251 e. The molecule has 8 nitrogen and oxygen atoms in total. The second kappa shape index (κ2) is 10.7.